The monoisotopic (exact) mass is 261 g/mol. The lowest BCUT2D eigenvalue weighted by atomic mass is 10.5. The first-order chi connectivity index (χ1) is 8.38. The fourth-order valence-corrected chi connectivity index (χ4v) is 1.44. The number of hydrogen-bond acceptors (Lipinski definition) is 4. The normalized spacial score (nSPS) is 16.3. The second-order valence-corrected chi connectivity index (χ2v) is 3.60. The van der Waals surface area contributed by atoms with Crippen molar-refractivity contribution in [3.05, 3.63) is 29.3 Å². The molecule has 0 atom stereocenters. The van der Waals surface area contributed by atoms with Gasteiger partial charge in [0.2, 0.25) is 0 Å². The van der Waals surface area contributed by atoms with Crippen LogP contribution in [0.1, 0.15) is 6.92 Å². The van der Waals surface area contributed by atoms with E-state index < -0.39 is 12.8 Å². The van der Waals surface area contributed by atoms with Gasteiger partial charge in [0.15, 0.2) is 12.1 Å². The lowest BCUT2D eigenvalue weighted by Crippen LogP contribution is -2.47. The van der Waals surface area contributed by atoms with Gasteiger partial charge in [0, 0.05) is 0 Å². The molecular weight excluding hydrogens is 251 g/mol. The number of imidazole rings is 1. The molecule has 0 saturated carbocycles. The van der Waals surface area contributed by atoms with Crippen LogP contribution in [-0.2, 0) is 4.84 Å². The largest absolute Gasteiger partial charge is 0.510 e. The van der Waals surface area contributed by atoms with Crippen LogP contribution in [0.2, 0.25) is 0 Å². The topological polar surface area (TPSA) is 50.5 Å². The molecule has 2 rings (SSSR count). The lowest BCUT2D eigenvalue weighted by molar-refractivity contribution is -0.180. The molecule has 0 aromatic carbocycles. The first kappa shape index (κ1) is 12.5. The van der Waals surface area contributed by atoms with E-state index in [1.807, 2.05) is 0 Å². The third-order valence-electron chi connectivity index (χ3n) is 2.15. The van der Waals surface area contributed by atoms with Gasteiger partial charge in [-0.25, -0.2) is 14.5 Å². The van der Waals surface area contributed by atoms with Gasteiger partial charge < -0.3 is 5.11 Å². The van der Waals surface area contributed by atoms with Crippen LogP contribution in [-0.4, -0.2) is 27.5 Å². The molecule has 0 radical (unpaired) electrons. The van der Waals surface area contributed by atoms with Gasteiger partial charge in [0.1, 0.15) is 11.1 Å². The van der Waals surface area contributed by atoms with Crippen molar-refractivity contribution in [1.29, 1.82) is 0 Å². The predicted octanol–water partition coefficient (Wildman–Crippen LogP) is 0.309. The molecule has 5 nitrogen and oxygen atoms in total. The summed E-state index contributed by atoms with van der Waals surface area (Å²) in [5, 5.41) is 10.6. The maximum atomic E-state index is 12.1. The summed E-state index contributed by atoms with van der Waals surface area (Å²) in [5.41, 5.74) is 0.364. The van der Waals surface area contributed by atoms with Crippen molar-refractivity contribution in [3.8, 4) is 0 Å². The van der Waals surface area contributed by atoms with Gasteiger partial charge in [-0.15, -0.1) is 0 Å². The van der Waals surface area contributed by atoms with Crippen molar-refractivity contribution in [3.63, 3.8) is 0 Å². The highest BCUT2D eigenvalue weighted by atomic mass is 19.4. The Morgan fingerprint density at radius 3 is 2.83 bits per heavy atom. The van der Waals surface area contributed by atoms with Gasteiger partial charge in [-0.2, -0.15) is 18.3 Å². The second kappa shape index (κ2) is 4.37. The van der Waals surface area contributed by atoms with Crippen LogP contribution < -0.4 is 16.0 Å². The van der Waals surface area contributed by atoms with Crippen molar-refractivity contribution < 1.29 is 23.1 Å². The number of aliphatic hydroxyl groups excluding tert-OH is 1. The third-order valence-corrected chi connectivity index (χ3v) is 2.15. The maximum absolute atomic E-state index is 12.1. The van der Waals surface area contributed by atoms with E-state index in [-0.39, 0.29) is 11.1 Å². The first-order valence-corrected chi connectivity index (χ1v) is 5.00. The van der Waals surface area contributed by atoms with Crippen LogP contribution >= 0.6 is 0 Å². The van der Waals surface area contributed by atoms with Crippen LogP contribution in [0, 0.1) is 0 Å². The summed E-state index contributed by atoms with van der Waals surface area (Å²) < 4.78 is 37.6. The molecular formula is C10H10F3N3O2. The van der Waals surface area contributed by atoms with Crippen LogP contribution in [0.5, 0.6) is 0 Å². The molecule has 0 fully saturated rings. The van der Waals surface area contributed by atoms with Gasteiger partial charge in [0.25, 0.3) is 0 Å². The zero-order valence-electron chi connectivity index (χ0n) is 9.35. The SMILES string of the molecule is CC(O)=c1cnc2n1N(OCC(F)(F)F)C=CC=2. The predicted molar refractivity (Wildman–Crippen MR) is 57.0 cm³/mol. The van der Waals surface area contributed by atoms with Gasteiger partial charge in [0.05, 0.1) is 12.4 Å². The fourth-order valence-electron chi connectivity index (χ4n) is 1.44. The molecule has 1 aromatic rings. The first-order valence-electron chi connectivity index (χ1n) is 5.00. The molecule has 0 spiro atoms. The third kappa shape index (κ3) is 2.48. The summed E-state index contributed by atoms with van der Waals surface area (Å²) in [6.07, 6.45) is 1.29. The van der Waals surface area contributed by atoms with Gasteiger partial charge in [-0.3, -0.25) is 0 Å². The Labute approximate surface area is 99.6 Å². The average molecular weight is 261 g/mol. The molecule has 2 heterocycles. The minimum absolute atomic E-state index is 0.0712. The summed E-state index contributed by atoms with van der Waals surface area (Å²) in [5.74, 6) is -0.0712. The van der Waals surface area contributed by atoms with E-state index in [1.54, 1.807) is 6.08 Å². The number of aliphatic hydroxyl groups is 1. The maximum Gasteiger partial charge on any atom is 0.414 e. The number of hydroxylamine groups is 1. The molecule has 0 amide bonds. The Morgan fingerprint density at radius 2 is 2.22 bits per heavy atom. The molecule has 8 heteroatoms. The highest BCUT2D eigenvalue weighted by Crippen LogP contribution is 2.15. The zero-order chi connectivity index (χ0) is 13.3. The number of hydrogen-bond donors (Lipinski definition) is 1. The Balaban J connectivity index is 2.35. The highest BCUT2D eigenvalue weighted by Gasteiger charge is 2.29. The number of halogens is 3. The average Bonchev–Trinajstić information content (AvgIpc) is 2.69. The molecule has 98 valence electrons. The molecule has 0 aliphatic carbocycles. The Hall–Kier alpha value is -1.96. The number of rotatable bonds is 2. The summed E-state index contributed by atoms with van der Waals surface area (Å²) in [4.78, 5) is 8.57. The smallest absolute Gasteiger partial charge is 0.414 e. The van der Waals surface area contributed by atoms with E-state index in [1.165, 1.54) is 30.1 Å². The van der Waals surface area contributed by atoms with E-state index in [0.29, 0.717) is 5.48 Å². The van der Waals surface area contributed by atoms with E-state index in [0.717, 1.165) is 5.17 Å². The summed E-state index contributed by atoms with van der Waals surface area (Å²) in [6.45, 7) is -0.0244. The van der Waals surface area contributed by atoms with E-state index in [9.17, 15) is 18.3 Å². The van der Waals surface area contributed by atoms with Crippen molar-refractivity contribution in [2.45, 2.75) is 13.1 Å². The van der Waals surface area contributed by atoms with Gasteiger partial charge in [-0.1, -0.05) is 0 Å². The second-order valence-electron chi connectivity index (χ2n) is 3.60. The van der Waals surface area contributed by atoms with E-state index in [2.05, 4.69) is 9.82 Å². The number of nitrogens with zero attached hydrogens (tertiary/aromatic N) is 3. The number of fused-ring (bicyclic) bond motifs is 1. The Kier molecular flexibility index (Phi) is 3.04. The molecule has 0 saturated heterocycles. The summed E-state index contributed by atoms with van der Waals surface area (Å²) in [6, 6.07) is 0. The molecule has 18 heavy (non-hydrogen) atoms. The van der Waals surface area contributed by atoms with Crippen molar-refractivity contribution in [2.24, 2.45) is 0 Å². The van der Waals surface area contributed by atoms with Gasteiger partial charge in [-0.05, 0) is 19.1 Å². The Morgan fingerprint density at radius 1 is 1.50 bits per heavy atom. The number of alkyl halides is 3. The molecule has 0 unspecified atom stereocenters. The highest BCUT2D eigenvalue weighted by molar-refractivity contribution is 5.38. The lowest BCUT2D eigenvalue weighted by Gasteiger charge is -2.23. The minimum Gasteiger partial charge on any atom is -0.510 e. The molecule has 1 aromatic heterocycles. The number of allylic oxidation sites excluding steroid dienone is 1. The fraction of sp³-hybridized carbons (Fsp3) is 0.300. The van der Waals surface area contributed by atoms with Crippen LogP contribution in [0.15, 0.2) is 18.5 Å². The van der Waals surface area contributed by atoms with E-state index in [4.69, 9.17) is 0 Å². The summed E-state index contributed by atoms with van der Waals surface area (Å²) >= 11 is 0. The molecule has 0 bridgehead atoms. The Bertz CT molecular complexity index is 584. The molecule has 1 aliphatic heterocycles. The van der Waals surface area contributed by atoms with E-state index >= 15 is 0 Å². The van der Waals surface area contributed by atoms with Crippen molar-refractivity contribution in [1.82, 2.24) is 9.66 Å². The van der Waals surface area contributed by atoms with Crippen LogP contribution in [0.3, 0.4) is 0 Å². The molecule has 1 aliphatic rings. The minimum atomic E-state index is -4.44. The zero-order valence-corrected chi connectivity index (χ0v) is 9.35. The summed E-state index contributed by atoms with van der Waals surface area (Å²) in [7, 11) is 0. The quantitative estimate of drug-likeness (QED) is 0.832. The van der Waals surface area contributed by atoms with Crippen molar-refractivity contribution in [2.75, 3.05) is 11.8 Å². The standard InChI is InChI=1S/C10H10F3N3O2/c1-7(17)8-5-14-9-3-2-4-15(16(8)9)18-6-10(11,12)13/h2-5,17H,6H2,1H3. The van der Waals surface area contributed by atoms with Gasteiger partial charge >= 0.3 is 6.18 Å². The number of aromatic nitrogens is 2. The van der Waals surface area contributed by atoms with Crippen LogP contribution in [0.4, 0.5) is 13.2 Å². The molecule has 1 N–H and O–H groups in total. The van der Waals surface area contributed by atoms with Crippen LogP contribution in [0.25, 0.3) is 11.8 Å². The van der Waals surface area contributed by atoms with Crippen molar-refractivity contribution >= 4 is 11.8 Å².